The summed E-state index contributed by atoms with van der Waals surface area (Å²) in [6.07, 6.45) is 0. The average molecular weight is 264 g/mol. The van der Waals surface area contributed by atoms with Crippen LogP contribution in [0, 0.1) is 0 Å². The first-order valence-electron chi connectivity index (χ1n) is 6.36. The van der Waals surface area contributed by atoms with Crippen molar-refractivity contribution < 1.29 is 14.3 Å². The Labute approximate surface area is 113 Å². The summed E-state index contributed by atoms with van der Waals surface area (Å²) in [5.74, 6) is 1.65. The molecular weight excluding hydrogens is 244 g/mol. The SMILES string of the molecule is COc1ccc(C2CN(C(C)=O)CCN2)c(OC)c1. The minimum Gasteiger partial charge on any atom is -0.497 e. The number of benzene rings is 1. The van der Waals surface area contributed by atoms with Gasteiger partial charge >= 0.3 is 0 Å². The Morgan fingerprint density at radius 3 is 2.79 bits per heavy atom. The highest BCUT2D eigenvalue weighted by molar-refractivity contribution is 5.73. The minimum absolute atomic E-state index is 0.0958. The summed E-state index contributed by atoms with van der Waals surface area (Å²) in [6, 6.07) is 5.85. The molecule has 1 amide bonds. The highest BCUT2D eigenvalue weighted by Crippen LogP contribution is 2.30. The van der Waals surface area contributed by atoms with E-state index in [1.807, 2.05) is 23.1 Å². The maximum absolute atomic E-state index is 11.5. The normalized spacial score (nSPS) is 19.1. The zero-order chi connectivity index (χ0) is 13.8. The average Bonchev–Trinajstić information content (AvgIpc) is 2.46. The number of methoxy groups -OCH3 is 2. The van der Waals surface area contributed by atoms with Crippen molar-refractivity contribution in [3.63, 3.8) is 0 Å². The molecule has 1 atom stereocenters. The van der Waals surface area contributed by atoms with Crippen molar-refractivity contribution in [2.45, 2.75) is 13.0 Å². The van der Waals surface area contributed by atoms with Gasteiger partial charge in [0.1, 0.15) is 11.5 Å². The van der Waals surface area contributed by atoms with Gasteiger partial charge in [0.2, 0.25) is 5.91 Å². The highest BCUT2D eigenvalue weighted by Gasteiger charge is 2.24. The molecular formula is C14H20N2O3. The Hall–Kier alpha value is -1.75. The summed E-state index contributed by atoms with van der Waals surface area (Å²) in [4.78, 5) is 13.3. The lowest BCUT2D eigenvalue weighted by molar-refractivity contribution is -0.130. The molecule has 1 aromatic rings. The number of nitrogens with zero attached hydrogens (tertiary/aromatic N) is 1. The number of carbonyl (C=O) groups excluding carboxylic acids is 1. The lowest BCUT2D eigenvalue weighted by Gasteiger charge is -2.34. The Bertz CT molecular complexity index is 462. The second kappa shape index (κ2) is 5.93. The maximum Gasteiger partial charge on any atom is 0.219 e. The van der Waals surface area contributed by atoms with Crippen LogP contribution in [0.5, 0.6) is 11.5 Å². The zero-order valence-electron chi connectivity index (χ0n) is 11.6. The molecule has 1 aromatic carbocycles. The van der Waals surface area contributed by atoms with Crippen LogP contribution in [-0.4, -0.2) is 44.7 Å². The van der Waals surface area contributed by atoms with Gasteiger partial charge in [-0.25, -0.2) is 0 Å². The molecule has 5 nitrogen and oxygen atoms in total. The van der Waals surface area contributed by atoms with Crippen LogP contribution in [0.25, 0.3) is 0 Å². The minimum atomic E-state index is 0.0958. The van der Waals surface area contributed by atoms with E-state index in [0.29, 0.717) is 6.54 Å². The first kappa shape index (κ1) is 13.7. The number of hydrogen-bond acceptors (Lipinski definition) is 4. The van der Waals surface area contributed by atoms with Crippen LogP contribution in [0.4, 0.5) is 0 Å². The fourth-order valence-electron chi connectivity index (χ4n) is 2.35. The van der Waals surface area contributed by atoms with Crippen molar-refractivity contribution in [3.05, 3.63) is 23.8 Å². The molecule has 2 rings (SSSR count). The van der Waals surface area contributed by atoms with Gasteiger partial charge in [-0.2, -0.15) is 0 Å². The molecule has 0 aliphatic carbocycles. The number of piperazine rings is 1. The molecule has 5 heteroatoms. The molecule has 1 aliphatic rings. The first-order chi connectivity index (χ1) is 9.15. The van der Waals surface area contributed by atoms with E-state index in [1.54, 1.807) is 21.1 Å². The smallest absolute Gasteiger partial charge is 0.219 e. The van der Waals surface area contributed by atoms with E-state index in [2.05, 4.69) is 5.32 Å². The fraction of sp³-hybridized carbons (Fsp3) is 0.500. The number of amides is 1. The molecule has 104 valence electrons. The van der Waals surface area contributed by atoms with Crippen LogP contribution in [0.15, 0.2) is 18.2 Å². The van der Waals surface area contributed by atoms with Crippen LogP contribution in [-0.2, 0) is 4.79 Å². The number of carbonyl (C=O) groups is 1. The third-order valence-corrected chi connectivity index (χ3v) is 3.44. The van der Waals surface area contributed by atoms with Gasteiger partial charge in [-0.1, -0.05) is 0 Å². The predicted octanol–water partition coefficient (Wildman–Crippen LogP) is 1.20. The predicted molar refractivity (Wildman–Crippen MR) is 72.5 cm³/mol. The molecule has 0 aromatic heterocycles. The first-order valence-corrected chi connectivity index (χ1v) is 6.36. The third kappa shape index (κ3) is 2.98. The third-order valence-electron chi connectivity index (χ3n) is 3.44. The van der Waals surface area contributed by atoms with Crippen molar-refractivity contribution in [1.82, 2.24) is 10.2 Å². The van der Waals surface area contributed by atoms with E-state index in [4.69, 9.17) is 9.47 Å². The van der Waals surface area contributed by atoms with Crippen molar-refractivity contribution in [2.24, 2.45) is 0 Å². The molecule has 0 radical (unpaired) electrons. The summed E-state index contributed by atoms with van der Waals surface area (Å²) in [7, 11) is 3.27. The molecule has 1 unspecified atom stereocenters. The zero-order valence-corrected chi connectivity index (χ0v) is 11.6. The Morgan fingerprint density at radius 1 is 1.37 bits per heavy atom. The molecule has 0 saturated carbocycles. The van der Waals surface area contributed by atoms with E-state index < -0.39 is 0 Å². The molecule has 1 aliphatic heterocycles. The molecule has 19 heavy (non-hydrogen) atoms. The van der Waals surface area contributed by atoms with E-state index in [-0.39, 0.29) is 11.9 Å². The van der Waals surface area contributed by atoms with Crippen LogP contribution >= 0.6 is 0 Å². The number of ether oxygens (including phenoxy) is 2. The van der Waals surface area contributed by atoms with Gasteiger partial charge in [0.05, 0.1) is 20.3 Å². The molecule has 1 saturated heterocycles. The number of rotatable bonds is 3. The highest BCUT2D eigenvalue weighted by atomic mass is 16.5. The van der Waals surface area contributed by atoms with E-state index in [0.717, 1.165) is 30.2 Å². The van der Waals surface area contributed by atoms with Crippen LogP contribution < -0.4 is 14.8 Å². The number of hydrogen-bond donors (Lipinski definition) is 1. The van der Waals surface area contributed by atoms with Crippen molar-refractivity contribution in [1.29, 1.82) is 0 Å². The van der Waals surface area contributed by atoms with Crippen LogP contribution in [0.1, 0.15) is 18.5 Å². The van der Waals surface area contributed by atoms with Gasteiger partial charge in [0, 0.05) is 38.2 Å². The second-order valence-electron chi connectivity index (χ2n) is 4.58. The molecule has 1 N–H and O–H groups in total. The van der Waals surface area contributed by atoms with Crippen LogP contribution in [0.3, 0.4) is 0 Å². The van der Waals surface area contributed by atoms with Gasteiger partial charge in [-0.3, -0.25) is 4.79 Å². The molecule has 1 heterocycles. The van der Waals surface area contributed by atoms with Gasteiger partial charge in [-0.05, 0) is 12.1 Å². The Balaban J connectivity index is 2.23. The van der Waals surface area contributed by atoms with E-state index in [1.165, 1.54) is 0 Å². The maximum atomic E-state index is 11.5. The van der Waals surface area contributed by atoms with E-state index in [9.17, 15) is 4.79 Å². The van der Waals surface area contributed by atoms with Crippen LogP contribution in [0.2, 0.25) is 0 Å². The summed E-state index contributed by atoms with van der Waals surface area (Å²) >= 11 is 0. The topological polar surface area (TPSA) is 50.8 Å². The van der Waals surface area contributed by atoms with Gasteiger partial charge < -0.3 is 19.7 Å². The molecule has 0 bridgehead atoms. The molecule has 0 spiro atoms. The van der Waals surface area contributed by atoms with Crippen molar-refractivity contribution >= 4 is 5.91 Å². The standard InChI is InChI=1S/C14H20N2O3/c1-10(17)16-7-6-15-13(9-16)12-5-4-11(18-2)8-14(12)19-3/h4-5,8,13,15H,6-7,9H2,1-3H3. The summed E-state index contributed by atoms with van der Waals surface area (Å²) in [6.45, 7) is 3.81. The monoisotopic (exact) mass is 264 g/mol. The Morgan fingerprint density at radius 2 is 2.16 bits per heavy atom. The van der Waals surface area contributed by atoms with Crippen molar-refractivity contribution in [3.8, 4) is 11.5 Å². The lowest BCUT2D eigenvalue weighted by Crippen LogP contribution is -2.47. The summed E-state index contributed by atoms with van der Waals surface area (Å²) < 4.78 is 10.6. The fourth-order valence-corrected chi connectivity index (χ4v) is 2.35. The lowest BCUT2D eigenvalue weighted by atomic mass is 10.0. The largest absolute Gasteiger partial charge is 0.497 e. The van der Waals surface area contributed by atoms with Gasteiger partial charge in [0.15, 0.2) is 0 Å². The molecule has 1 fully saturated rings. The second-order valence-corrected chi connectivity index (χ2v) is 4.58. The Kier molecular flexibility index (Phi) is 4.27. The summed E-state index contributed by atoms with van der Waals surface area (Å²) in [5.41, 5.74) is 1.05. The quantitative estimate of drug-likeness (QED) is 0.891. The van der Waals surface area contributed by atoms with Crippen molar-refractivity contribution in [2.75, 3.05) is 33.9 Å². The van der Waals surface area contributed by atoms with Gasteiger partial charge in [0.25, 0.3) is 0 Å². The summed E-state index contributed by atoms with van der Waals surface area (Å²) in [5, 5.41) is 3.42. The van der Waals surface area contributed by atoms with Gasteiger partial charge in [-0.15, -0.1) is 0 Å². The van der Waals surface area contributed by atoms with E-state index >= 15 is 0 Å². The number of nitrogens with one attached hydrogen (secondary N) is 1.